The molecule has 0 spiro atoms. The summed E-state index contributed by atoms with van der Waals surface area (Å²) in [4.78, 5) is 0. The zero-order valence-corrected chi connectivity index (χ0v) is 20.5. The molecular weight excluding hydrogens is 460 g/mol. The van der Waals surface area contributed by atoms with Gasteiger partial charge in [-0.1, -0.05) is 6.07 Å². The molecule has 1 aliphatic heterocycles. The van der Waals surface area contributed by atoms with Crippen molar-refractivity contribution < 1.29 is 23.7 Å². The predicted molar refractivity (Wildman–Crippen MR) is 132 cm³/mol. The number of benzene rings is 2. The van der Waals surface area contributed by atoms with Gasteiger partial charge in [-0.3, -0.25) is 5.10 Å². The molecule has 0 amide bonds. The van der Waals surface area contributed by atoms with Gasteiger partial charge in [-0.25, -0.2) is 0 Å². The highest BCUT2D eigenvalue weighted by Gasteiger charge is 2.36. The van der Waals surface area contributed by atoms with Gasteiger partial charge < -0.3 is 29.4 Å². The van der Waals surface area contributed by atoms with E-state index in [4.69, 9.17) is 29.4 Å². The first kappa shape index (κ1) is 23.4. The van der Waals surface area contributed by atoms with E-state index in [1.807, 2.05) is 36.4 Å². The summed E-state index contributed by atoms with van der Waals surface area (Å²) in [5.41, 5.74) is 9.42. The number of aromatic amines is 1. The van der Waals surface area contributed by atoms with Crippen molar-refractivity contribution in [2.75, 3.05) is 21.3 Å². The minimum Gasteiger partial charge on any atom is -0.493 e. The Balaban J connectivity index is 1.61. The van der Waals surface area contributed by atoms with Crippen LogP contribution in [0.4, 0.5) is 0 Å². The van der Waals surface area contributed by atoms with Crippen molar-refractivity contribution in [2.45, 2.75) is 37.7 Å². The number of methoxy groups -OCH3 is 3. The average molecular weight is 489 g/mol. The minimum absolute atomic E-state index is 0.0191. The Bertz CT molecular complexity index is 1350. The minimum atomic E-state index is -0.532. The van der Waals surface area contributed by atoms with Crippen LogP contribution in [-0.4, -0.2) is 37.6 Å². The highest BCUT2D eigenvalue weighted by Crippen LogP contribution is 2.48. The molecule has 1 saturated carbocycles. The van der Waals surface area contributed by atoms with Crippen LogP contribution >= 0.6 is 0 Å². The van der Waals surface area contributed by atoms with E-state index in [0.29, 0.717) is 40.1 Å². The first-order valence-corrected chi connectivity index (χ1v) is 11.8. The first-order chi connectivity index (χ1) is 17.6. The number of H-pyrrole nitrogens is 1. The maximum atomic E-state index is 10.0. The Kier molecular flexibility index (Phi) is 6.34. The number of nitrogens with zero attached hydrogens (tertiary/aromatic N) is 2. The molecular formula is C27H28N4O5. The van der Waals surface area contributed by atoms with Crippen molar-refractivity contribution in [3.8, 4) is 46.2 Å². The molecule has 1 atom stereocenters. The van der Waals surface area contributed by atoms with E-state index in [9.17, 15) is 5.26 Å². The number of nitrogens with two attached hydrogens (primary N) is 1. The number of allylic oxidation sites excluding steroid dienone is 1. The van der Waals surface area contributed by atoms with Crippen molar-refractivity contribution in [3.63, 3.8) is 0 Å². The third-order valence-corrected chi connectivity index (χ3v) is 6.73. The van der Waals surface area contributed by atoms with Crippen molar-refractivity contribution >= 4 is 0 Å². The van der Waals surface area contributed by atoms with Crippen LogP contribution in [0.25, 0.3) is 11.3 Å². The molecule has 0 radical (unpaired) electrons. The Hall–Kier alpha value is -4.32. The highest BCUT2D eigenvalue weighted by atomic mass is 16.5. The van der Waals surface area contributed by atoms with Gasteiger partial charge in [-0.05, 0) is 61.6 Å². The number of fused-ring (bicyclic) bond motifs is 1. The van der Waals surface area contributed by atoms with Crippen LogP contribution in [-0.2, 0) is 0 Å². The Morgan fingerprint density at radius 3 is 2.36 bits per heavy atom. The van der Waals surface area contributed by atoms with Gasteiger partial charge in [0.1, 0.15) is 11.6 Å². The van der Waals surface area contributed by atoms with E-state index >= 15 is 0 Å². The molecule has 5 rings (SSSR count). The van der Waals surface area contributed by atoms with E-state index < -0.39 is 5.92 Å². The van der Waals surface area contributed by atoms with Gasteiger partial charge in [0.2, 0.25) is 11.8 Å². The lowest BCUT2D eigenvalue weighted by atomic mass is 9.83. The summed E-state index contributed by atoms with van der Waals surface area (Å²) in [7, 11) is 4.77. The largest absolute Gasteiger partial charge is 0.493 e. The molecule has 36 heavy (non-hydrogen) atoms. The molecule has 2 aromatic carbocycles. The summed E-state index contributed by atoms with van der Waals surface area (Å²) in [6, 6.07) is 13.5. The Labute approximate surface area is 209 Å². The van der Waals surface area contributed by atoms with Crippen LogP contribution in [0.2, 0.25) is 0 Å². The van der Waals surface area contributed by atoms with Crippen molar-refractivity contribution in [1.82, 2.24) is 10.2 Å². The second kappa shape index (κ2) is 9.74. The van der Waals surface area contributed by atoms with E-state index in [-0.39, 0.29) is 17.6 Å². The van der Waals surface area contributed by atoms with Crippen LogP contribution in [0.5, 0.6) is 28.9 Å². The van der Waals surface area contributed by atoms with E-state index in [1.165, 1.54) is 12.8 Å². The van der Waals surface area contributed by atoms with Crippen molar-refractivity contribution in [1.29, 1.82) is 5.26 Å². The van der Waals surface area contributed by atoms with Crippen LogP contribution < -0.4 is 29.4 Å². The smallest absolute Gasteiger partial charge is 0.244 e. The summed E-state index contributed by atoms with van der Waals surface area (Å²) >= 11 is 0. The fourth-order valence-corrected chi connectivity index (χ4v) is 4.94. The quantitative estimate of drug-likeness (QED) is 0.493. The standard InChI is InChI=1S/C27H28N4O5/c1-32-19-10-9-16(13-21(19)33-2)25-24-23(18(14-28)26(29)36-27(24)31-30-25)15-8-11-20(22(12-15)34-3)35-17-6-4-5-7-17/h8-13,17,23H,4-7,29H2,1-3H3,(H,30,31)/t23-/m1/s1. The second-order valence-corrected chi connectivity index (χ2v) is 8.75. The molecule has 186 valence electrons. The number of ether oxygens (including phenoxy) is 5. The molecule has 1 aliphatic carbocycles. The molecule has 0 bridgehead atoms. The average Bonchev–Trinajstić information content (AvgIpc) is 3.57. The van der Waals surface area contributed by atoms with Crippen molar-refractivity contribution in [3.05, 3.63) is 59.0 Å². The molecule has 1 aromatic heterocycles. The summed E-state index contributed by atoms with van der Waals surface area (Å²) in [5, 5.41) is 17.5. The molecule has 2 heterocycles. The predicted octanol–water partition coefficient (Wildman–Crippen LogP) is 4.64. The number of nitriles is 1. The molecule has 3 aromatic rings. The van der Waals surface area contributed by atoms with E-state index in [1.54, 1.807) is 21.3 Å². The summed E-state index contributed by atoms with van der Waals surface area (Å²) in [5.74, 6) is 2.25. The normalized spacial score (nSPS) is 17.2. The molecule has 1 fully saturated rings. The van der Waals surface area contributed by atoms with Gasteiger partial charge in [-0.15, -0.1) is 5.10 Å². The lowest BCUT2D eigenvalue weighted by Crippen LogP contribution is -2.21. The number of rotatable bonds is 7. The van der Waals surface area contributed by atoms with Gasteiger partial charge in [-0.2, -0.15) is 5.26 Å². The van der Waals surface area contributed by atoms with Gasteiger partial charge in [0, 0.05) is 5.56 Å². The van der Waals surface area contributed by atoms with Crippen LogP contribution in [0.1, 0.15) is 42.7 Å². The van der Waals surface area contributed by atoms with Gasteiger partial charge in [0.15, 0.2) is 23.0 Å². The molecule has 9 heteroatoms. The molecule has 9 nitrogen and oxygen atoms in total. The number of hydrogen-bond donors (Lipinski definition) is 2. The SMILES string of the molecule is COc1ccc(-c2[nH]nc3c2[C@H](c2ccc(OC4CCCC4)c(OC)c2)C(C#N)=C(N)O3)cc1OC. The summed E-state index contributed by atoms with van der Waals surface area (Å²) in [6.45, 7) is 0. The fraction of sp³-hybridized carbons (Fsp3) is 0.333. The van der Waals surface area contributed by atoms with Gasteiger partial charge in [0.25, 0.3) is 0 Å². The first-order valence-electron chi connectivity index (χ1n) is 11.8. The summed E-state index contributed by atoms with van der Waals surface area (Å²) < 4.78 is 28.5. The number of nitrogens with one attached hydrogen (secondary N) is 1. The Morgan fingerprint density at radius 2 is 1.67 bits per heavy atom. The lowest BCUT2D eigenvalue weighted by molar-refractivity contribution is 0.200. The molecule has 2 aliphatic rings. The fourth-order valence-electron chi connectivity index (χ4n) is 4.94. The monoisotopic (exact) mass is 488 g/mol. The zero-order valence-electron chi connectivity index (χ0n) is 20.5. The summed E-state index contributed by atoms with van der Waals surface area (Å²) in [6.07, 6.45) is 4.61. The number of hydrogen-bond acceptors (Lipinski definition) is 8. The van der Waals surface area contributed by atoms with Gasteiger partial charge >= 0.3 is 0 Å². The second-order valence-electron chi connectivity index (χ2n) is 8.75. The van der Waals surface area contributed by atoms with Gasteiger partial charge in [0.05, 0.1) is 44.6 Å². The van der Waals surface area contributed by atoms with Crippen LogP contribution in [0.3, 0.4) is 0 Å². The van der Waals surface area contributed by atoms with Crippen LogP contribution in [0.15, 0.2) is 47.9 Å². The van der Waals surface area contributed by atoms with E-state index in [0.717, 1.165) is 24.0 Å². The molecule has 3 N–H and O–H groups in total. The third-order valence-electron chi connectivity index (χ3n) is 6.73. The topological polar surface area (TPSA) is 125 Å². The highest BCUT2D eigenvalue weighted by molar-refractivity contribution is 5.73. The molecule has 0 unspecified atom stereocenters. The van der Waals surface area contributed by atoms with E-state index in [2.05, 4.69) is 16.3 Å². The Morgan fingerprint density at radius 1 is 0.972 bits per heavy atom. The maximum Gasteiger partial charge on any atom is 0.244 e. The van der Waals surface area contributed by atoms with Crippen molar-refractivity contribution in [2.24, 2.45) is 5.73 Å². The lowest BCUT2D eigenvalue weighted by Gasteiger charge is -2.25. The third kappa shape index (κ3) is 4.05. The molecule has 0 saturated heterocycles. The van der Waals surface area contributed by atoms with Crippen LogP contribution in [0, 0.1) is 11.3 Å². The zero-order chi connectivity index (χ0) is 25.2. The maximum absolute atomic E-state index is 10.0. The number of aromatic nitrogens is 2.